The molecule has 0 saturated carbocycles. The minimum absolute atomic E-state index is 0. The normalized spacial score (nSPS) is 9.38. The van der Waals surface area contributed by atoms with Gasteiger partial charge in [-0.1, -0.05) is 18.2 Å². The molecule has 3 heteroatoms. The average Bonchev–Trinajstić information content (AvgIpc) is 2.08. The summed E-state index contributed by atoms with van der Waals surface area (Å²) in [5.74, 6) is 0.367. The Morgan fingerprint density at radius 3 is 2.62 bits per heavy atom. The molecule has 0 fully saturated rings. The summed E-state index contributed by atoms with van der Waals surface area (Å²) >= 11 is 0. The number of para-hydroxylation sites is 1. The molecule has 1 rings (SSSR count). The first-order valence-electron chi connectivity index (χ1n) is 4.14. The Balaban J connectivity index is 0.00000144. The van der Waals surface area contributed by atoms with Crippen molar-refractivity contribution in [3.05, 3.63) is 29.3 Å². The van der Waals surface area contributed by atoms with E-state index in [1.807, 2.05) is 25.1 Å². The van der Waals surface area contributed by atoms with Gasteiger partial charge in [0, 0.05) is 15.0 Å². The summed E-state index contributed by atoms with van der Waals surface area (Å²) in [5.41, 5.74) is 1.81. The molecule has 13 heavy (non-hydrogen) atoms. The molecule has 0 aliphatic heterocycles. The fourth-order valence-electron chi connectivity index (χ4n) is 1.19. The number of benzene rings is 1. The van der Waals surface area contributed by atoms with Crippen LogP contribution in [-0.4, -0.2) is 25.2 Å². The third kappa shape index (κ3) is 3.11. The van der Waals surface area contributed by atoms with E-state index >= 15 is 0 Å². The van der Waals surface area contributed by atoms with Gasteiger partial charge in [-0.15, -0.1) is 0 Å². The molecule has 0 aliphatic rings. The second kappa shape index (κ2) is 5.65. The maximum absolute atomic E-state index is 9.54. The van der Waals surface area contributed by atoms with Gasteiger partial charge in [0.25, 0.3) is 0 Å². The predicted molar refractivity (Wildman–Crippen MR) is 54.0 cm³/mol. The Bertz CT molecular complexity index is 261. The van der Waals surface area contributed by atoms with Gasteiger partial charge in [0.05, 0.1) is 0 Å². The molecule has 0 heterocycles. The lowest BCUT2D eigenvalue weighted by atomic mass is 10.1. The highest BCUT2D eigenvalue weighted by atomic mass is 16.3. The molecule has 1 aromatic rings. The van der Waals surface area contributed by atoms with E-state index in [2.05, 4.69) is 0 Å². The van der Waals surface area contributed by atoms with Crippen molar-refractivity contribution in [2.45, 2.75) is 19.8 Å². The molecule has 2 N–H and O–H groups in total. The molecule has 0 bridgehead atoms. The number of rotatable bonds is 3. The summed E-state index contributed by atoms with van der Waals surface area (Å²) in [7, 11) is 0. The van der Waals surface area contributed by atoms with E-state index in [9.17, 15) is 5.11 Å². The van der Waals surface area contributed by atoms with Crippen molar-refractivity contribution in [2.24, 2.45) is 0 Å². The minimum Gasteiger partial charge on any atom is -0.507 e. The number of hydrogen-bond acceptors (Lipinski definition) is 2. The van der Waals surface area contributed by atoms with Crippen LogP contribution in [0.4, 0.5) is 0 Å². The van der Waals surface area contributed by atoms with Gasteiger partial charge in [-0.05, 0) is 30.9 Å². The Morgan fingerprint density at radius 1 is 1.31 bits per heavy atom. The monoisotopic (exact) mass is 177 g/mol. The lowest BCUT2D eigenvalue weighted by Crippen LogP contribution is -1.90. The van der Waals surface area contributed by atoms with Crippen LogP contribution in [0.5, 0.6) is 5.75 Å². The molecule has 2 nitrogen and oxygen atoms in total. The smallest absolute Gasteiger partial charge is 0.121 e. The van der Waals surface area contributed by atoms with Crippen molar-refractivity contribution in [2.75, 3.05) is 6.61 Å². The van der Waals surface area contributed by atoms with Crippen LogP contribution in [0.3, 0.4) is 0 Å². The number of aliphatic hydroxyl groups is 1. The quantitative estimate of drug-likeness (QED) is 0.682. The third-order valence-electron chi connectivity index (χ3n) is 1.93. The number of hydrogen-bond donors (Lipinski definition) is 2. The molecule has 0 atom stereocenters. The molecule has 3 radical (unpaired) electrons. The molecule has 0 spiro atoms. The number of phenolic OH excluding ortho intramolecular Hbond substituents is 1. The number of aliphatic hydroxyl groups excluding tert-OH is 1. The van der Waals surface area contributed by atoms with Gasteiger partial charge in [0.1, 0.15) is 5.75 Å². The summed E-state index contributed by atoms with van der Waals surface area (Å²) in [5, 5.41) is 18.1. The van der Waals surface area contributed by atoms with Crippen molar-refractivity contribution < 1.29 is 10.2 Å². The summed E-state index contributed by atoms with van der Waals surface area (Å²) < 4.78 is 0. The lowest BCUT2D eigenvalue weighted by molar-refractivity contribution is 0.288. The number of phenols is 1. The van der Waals surface area contributed by atoms with Crippen LogP contribution in [0.2, 0.25) is 0 Å². The molecule has 1 aromatic carbocycles. The summed E-state index contributed by atoms with van der Waals surface area (Å²) in [6.45, 7) is 2.05. The van der Waals surface area contributed by atoms with Crippen LogP contribution in [0.25, 0.3) is 0 Å². The summed E-state index contributed by atoms with van der Waals surface area (Å²) in [6.07, 6.45) is 1.45. The zero-order valence-corrected chi connectivity index (χ0v) is 7.83. The fraction of sp³-hybridized carbons (Fsp3) is 0.400. The first kappa shape index (κ1) is 12.0. The van der Waals surface area contributed by atoms with Crippen LogP contribution in [-0.2, 0) is 6.42 Å². The molecular weight excluding hydrogens is 163 g/mol. The highest BCUT2D eigenvalue weighted by Gasteiger charge is 2.01. The van der Waals surface area contributed by atoms with Gasteiger partial charge in [-0.2, -0.15) is 0 Å². The molecule has 0 saturated heterocycles. The maximum Gasteiger partial charge on any atom is 0.121 e. The van der Waals surface area contributed by atoms with Crippen molar-refractivity contribution in [3.8, 4) is 5.75 Å². The first-order chi connectivity index (χ1) is 5.75. The SMILES string of the molecule is Cc1cccc(CCCO)c1O.[B]. The molecule has 0 aromatic heterocycles. The van der Waals surface area contributed by atoms with Crippen LogP contribution in [0.1, 0.15) is 17.5 Å². The number of aromatic hydroxyl groups is 1. The Morgan fingerprint density at radius 2 is 2.00 bits per heavy atom. The van der Waals surface area contributed by atoms with E-state index in [1.54, 1.807) is 0 Å². The second-order valence-corrected chi connectivity index (χ2v) is 2.91. The van der Waals surface area contributed by atoms with E-state index in [0.29, 0.717) is 12.2 Å². The zero-order valence-electron chi connectivity index (χ0n) is 7.83. The predicted octanol–water partition coefficient (Wildman–Crippen LogP) is 1.24. The van der Waals surface area contributed by atoms with Crippen LogP contribution in [0.15, 0.2) is 18.2 Å². The van der Waals surface area contributed by atoms with E-state index < -0.39 is 0 Å². The Kier molecular flexibility index (Phi) is 5.23. The topological polar surface area (TPSA) is 40.5 Å². The Labute approximate surface area is 80.8 Å². The minimum atomic E-state index is 0. The van der Waals surface area contributed by atoms with Crippen molar-refractivity contribution in [1.82, 2.24) is 0 Å². The third-order valence-corrected chi connectivity index (χ3v) is 1.93. The standard InChI is InChI=1S/C10H14O2.B/c1-8-4-2-5-9(10(8)12)6-3-7-11;/h2,4-5,11-12H,3,6-7H2,1H3;. The van der Waals surface area contributed by atoms with Gasteiger partial charge in [-0.25, -0.2) is 0 Å². The van der Waals surface area contributed by atoms with Crippen LogP contribution < -0.4 is 0 Å². The largest absolute Gasteiger partial charge is 0.507 e. The maximum atomic E-state index is 9.54. The lowest BCUT2D eigenvalue weighted by Gasteiger charge is -2.05. The average molecular weight is 177 g/mol. The highest BCUT2D eigenvalue weighted by Crippen LogP contribution is 2.22. The van der Waals surface area contributed by atoms with Gasteiger partial charge >= 0.3 is 0 Å². The van der Waals surface area contributed by atoms with Gasteiger partial charge in [0.15, 0.2) is 0 Å². The van der Waals surface area contributed by atoms with E-state index in [0.717, 1.165) is 17.5 Å². The van der Waals surface area contributed by atoms with Crippen molar-refractivity contribution in [1.29, 1.82) is 0 Å². The fourth-order valence-corrected chi connectivity index (χ4v) is 1.19. The molecule has 0 unspecified atom stereocenters. The Hall–Kier alpha value is -0.955. The van der Waals surface area contributed by atoms with Gasteiger partial charge < -0.3 is 10.2 Å². The van der Waals surface area contributed by atoms with E-state index in [1.165, 1.54) is 0 Å². The second-order valence-electron chi connectivity index (χ2n) is 2.91. The van der Waals surface area contributed by atoms with Crippen LogP contribution >= 0.6 is 0 Å². The summed E-state index contributed by atoms with van der Waals surface area (Å²) in [6, 6.07) is 5.68. The van der Waals surface area contributed by atoms with E-state index in [-0.39, 0.29) is 15.0 Å². The number of aryl methyl sites for hydroxylation is 2. The molecule has 0 amide bonds. The van der Waals surface area contributed by atoms with Crippen LogP contribution in [0, 0.1) is 6.92 Å². The molecule has 0 aliphatic carbocycles. The summed E-state index contributed by atoms with van der Waals surface area (Å²) in [4.78, 5) is 0. The van der Waals surface area contributed by atoms with E-state index in [4.69, 9.17) is 5.11 Å². The highest BCUT2D eigenvalue weighted by molar-refractivity contribution is 5.75. The first-order valence-corrected chi connectivity index (χ1v) is 4.14. The molecular formula is C10H14BO2. The van der Waals surface area contributed by atoms with Crippen molar-refractivity contribution in [3.63, 3.8) is 0 Å². The zero-order chi connectivity index (χ0) is 8.97. The molecule has 69 valence electrons. The van der Waals surface area contributed by atoms with Gasteiger partial charge in [-0.3, -0.25) is 0 Å². The van der Waals surface area contributed by atoms with Crippen molar-refractivity contribution >= 4 is 8.41 Å². The van der Waals surface area contributed by atoms with Gasteiger partial charge in [0.2, 0.25) is 0 Å².